The number of methoxy groups -OCH3 is 2. The number of amides is 2. The van der Waals surface area contributed by atoms with Crippen LogP contribution in [0.1, 0.15) is 10.4 Å². The molecule has 1 N–H and O–H groups in total. The monoisotopic (exact) mass is 368 g/mol. The van der Waals surface area contributed by atoms with Crippen LogP contribution in [-0.4, -0.2) is 39.2 Å². The van der Waals surface area contributed by atoms with Crippen LogP contribution in [0.5, 0.6) is 17.2 Å². The zero-order valence-electron chi connectivity index (χ0n) is 15.2. The van der Waals surface area contributed by atoms with E-state index in [0.29, 0.717) is 40.7 Å². The zero-order valence-corrected chi connectivity index (χ0v) is 15.2. The summed E-state index contributed by atoms with van der Waals surface area (Å²) in [6.45, 7) is 4.02. The number of nitrogens with zero attached hydrogens (tertiary/aromatic N) is 1. The molecule has 2 aromatic rings. The van der Waals surface area contributed by atoms with Gasteiger partial charge in [-0.25, -0.2) is 0 Å². The minimum Gasteiger partial charge on any atom is -0.493 e. The highest BCUT2D eigenvalue weighted by atomic mass is 16.5. The van der Waals surface area contributed by atoms with Crippen molar-refractivity contribution in [2.75, 3.05) is 37.6 Å². The molecule has 0 aliphatic carbocycles. The second kappa shape index (κ2) is 7.82. The van der Waals surface area contributed by atoms with Crippen molar-refractivity contribution in [2.45, 2.75) is 0 Å². The summed E-state index contributed by atoms with van der Waals surface area (Å²) < 4.78 is 15.9. The van der Waals surface area contributed by atoms with Gasteiger partial charge in [0.2, 0.25) is 0 Å². The van der Waals surface area contributed by atoms with Crippen LogP contribution in [0.2, 0.25) is 0 Å². The number of benzene rings is 2. The summed E-state index contributed by atoms with van der Waals surface area (Å²) in [7, 11) is 3.04. The highest BCUT2D eigenvalue weighted by molar-refractivity contribution is 6.05. The molecule has 0 aromatic heterocycles. The molecule has 2 aromatic carbocycles. The van der Waals surface area contributed by atoms with E-state index in [0.717, 1.165) is 0 Å². The van der Waals surface area contributed by atoms with E-state index in [2.05, 4.69) is 11.9 Å². The van der Waals surface area contributed by atoms with E-state index in [4.69, 9.17) is 14.2 Å². The molecule has 0 atom stereocenters. The van der Waals surface area contributed by atoms with E-state index < -0.39 is 0 Å². The minimum absolute atomic E-state index is 0.0477. The molecule has 0 saturated carbocycles. The van der Waals surface area contributed by atoms with Crippen molar-refractivity contribution in [3.05, 3.63) is 54.6 Å². The lowest BCUT2D eigenvalue weighted by atomic mass is 10.1. The molecule has 0 spiro atoms. The second-order valence-electron chi connectivity index (χ2n) is 5.79. The van der Waals surface area contributed by atoms with Crippen LogP contribution in [0.15, 0.2) is 49.1 Å². The van der Waals surface area contributed by atoms with Gasteiger partial charge in [-0.05, 0) is 30.3 Å². The topological polar surface area (TPSA) is 77.1 Å². The normalized spacial score (nSPS) is 12.7. The van der Waals surface area contributed by atoms with Crippen LogP contribution in [-0.2, 0) is 4.79 Å². The van der Waals surface area contributed by atoms with Crippen LogP contribution >= 0.6 is 0 Å². The third-order valence-electron chi connectivity index (χ3n) is 4.12. The van der Waals surface area contributed by atoms with Crippen molar-refractivity contribution in [1.29, 1.82) is 0 Å². The number of anilines is 2. The molecule has 0 unspecified atom stereocenters. The number of carbonyl (C=O) groups excluding carboxylic acids is 2. The van der Waals surface area contributed by atoms with Crippen LogP contribution in [0.4, 0.5) is 11.4 Å². The molecule has 0 bridgehead atoms. The molecule has 0 radical (unpaired) electrons. The first kappa shape index (κ1) is 18.3. The summed E-state index contributed by atoms with van der Waals surface area (Å²) >= 11 is 0. The maximum atomic E-state index is 12.5. The smallest absolute Gasteiger partial charge is 0.265 e. The molecule has 7 heteroatoms. The van der Waals surface area contributed by atoms with Crippen LogP contribution in [0, 0.1) is 0 Å². The molecule has 1 aliphatic heterocycles. The summed E-state index contributed by atoms with van der Waals surface area (Å²) in [5.41, 5.74) is 1.63. The van der Waals surface area contributed by atoms with Gasteiger partial charge in [0, 0.05) is 23.9 Å². The summed E-state index contributed by atoms with van der Waals surface area (Å²) in [5, 5.41) is 2.82. The summed E-state index contributed by atoms with van der Waals surface area (Å²) in [5.74, 6) is 1.11. The van der Waals surface area contributed by atoms with Crippen molar-refractivity contribution in [2.24, 2.45) is 0 Å². The van der Waals surface area contributed by atoms with Crippen LogP contribution < -0.4 is 24.4 Å². The van der Waals surface area contributed by atoms with E-state index in [1.54, 1.807) is 47.4 Å². The molecule has 0 fully saturated rings. The zero-order chi connectivity index (χ0) is 19.4. The van der Waals surface area contributed by atoms with Gasteiger partial charge in [0.05, 0.1) is 19.9 Å². The number of ether oxygens (including phenoxy) is 3. The Kier molecular flexibility index (Phi) is 5.30. The van der Waals surface area contributed by atoms with Crippen molar-refractivity contribution < 1.29 is 23.8 Å². The van der Waals surface area contributed by atoms with Gasteiger partial charge < -0.3 is 24.4 Å². The molecule has 1 heterocycles. The lowest BCUT2D eigenvalue weighted by molar-refractivity contribution is -0.121. The van der Waals surface area contributed by atoms with Gasteiger partial charge >= 0.3 is 0 Å². The summed E-state index contributed by atoms with van der Waals surface area (Å²) in [6.07, 6.45) is 1.65. The van der Waals surface area contributed by atoms with Crippen molar-refractivity contribution >= 4 is 23.2 Å². The van der Waals surface area contributed by atoms with Crippen molar-refractivity contribution in [1.82, 2.24) is 0 Å². The molecule has 0 saturated heterocycles. The van der Waals surface area contributed by atoms with Gasteiger partial charge in [-0.1, -0.05) is 6.08 Å². The third kappa shape index (κ3) is 3.72. The van der Waals surface area contributed by atoms with Crippen LogP contribution in [0.25, 0.3) is 0 Å². The van der Waals surface area contributed by atoms with Gasteiger partial charge in [0.1, 0.15) is 5.75 Å². The highest BCUT2D eigenvalue weighted by Crippen LogP contribution is 2.35. The Hall–Kier alpha value is -3.48. The summed E-state index contributed by atoms with van der Waals surface area (Å²) in [6, 6.07) is 10.1. The van der Waals surface area contributed by atoms with E-state index in [1.807, 2.05) is 0 Å². The average molecular weight is 368 g/mol. The number of hydrogen-bond acceptors (Lipinski definition) is 5. The molecule has 7 nitrogen and oxygen atoms in total. The fourth-order valence-electron chi connectivity index (χ4n) is 2.79. The van der Waals surface area contributed by atoms with Crippen LogP contribution in [0.3, 0.4) is 0 Å². The van der Waals surface area contributed by atoms with Gasteiger partial charge in [0.15, 0.2) is 18.1 Å². The van der Waals surface area contributed by atoms with Gasteiger partial charge in [0.25, 0.3) is 11.8 Å². The minimum atomic E-state index is -0.300. The molecule has 3 rings (SSSR count). The Bertz CT molecular complexity index is 894. The maximum Gasteiger partial charge on any atom is 0.265 e. The lowest BCUT2D eigenvalue weighted by Crippen LogP contribution is -2.38. The molecular weight excluding hydrogens is 348 g/mol. The van der Waals surface area contributed by atoms with E-state index in [1.165, 1.54) is 14.2 Å². The fraction of sp³-hybridized carbons (Fsp3) is 0.200. The Balaban J connectivity index is 1.81. The van der Waals surface area contributed by atoms with Crippen molar-refractivity contribution in [3.8, 4) is 17.2 Å². The quantitative estimate of drug-likeness (QED) is 0.794. The van der Waals surface area contributed by atoms with E-state index in [9.17, 15) is 9.59 Å². The third-order valence-corrected chi connectivity index (χ3v) is 4.12. The number of nitrogens with one attached hydrogen (secondary N) is 1. The first-order chi connectivity index (χ1) is 13.1. The number of rotatable bonds is 6. The first-order valence-electron chi connectivity index (χ1n) is 8.29. The Morgan fingerprint density at radius 2 is 2.00 bits per heavy atom. The Labute approximate surface area is 157 Å². The molecule has 2 amide bonds. The van der Waals surface area contributed by atoms with Gasteiger partial charge in [-0.3, -0.25) is 9.59 Å². The second-order valence-corrected chi connectivity index (χ2v) is 5.79. The maximum absolute atomic E-state index is 12.5. The Morgan fingerprint density at radius 1 is 1.22 bits per heavy atom. The number of carbonyl (C=O) groups is 2. The Morgan fingerprint density at radius 3 is 2.70 bits per heavy atom. The number of hydrogen-bond donors (Lipinski definition) is 1. The number of fused-ring (bicyclic) bond motifs is 1. The van der Waals surface area contributed by atoms with E-state index >= 15 is 0 Å². The average Bonchev–Trinajstić information content (AvgIpc) is 2.69. The van der Waals surface area contributed by atoms with E-state index in [-0.39, 0.29) is 18.4 Å². The summed E-state index contributed by atoms with van der Waals surface area (Å²) in [4.78, 5) is 26.1. The highest BCUT2D eigenvalue weighted by Gasteiger charge is 2.25. The molecule has 1 aliphatic rings. The SMILES string of the molecule is C=CCN1C(=O)COc2cc(NC(=O)c3ccc(OC)c(OC)c3)ccc21. The first-order valence-corrected chi connectivity index (χ1v) is 8.29. The largest absolute Gasteiger partial charge is 0.493 e. The molecule has 140 valence electrons. The van der Waals surface area contributed by atoms with Gasteiger partial charge in [-0.2, -0.15) is 0 Å². The van der Waals surface area contributed by atoms with Crippen molar-refractivity contribution in [3.63, 3.8) is 0 Å². The van der Waals surface area contributed by atoms with Gasteiger partial charge in [-0.15, -0.1) is 6.58 Å². The predicted molar refractivity (Wildman–Crippen MR) is 102 cm³/mol. The lowest BCUT2D eigenvalue weighted by Gasteiger charge is -2.28. The standard InChI is InChI=1S/C20H20N2O5/c1-4-9-22-15-7-6-14(11-17(15)27-12-19(22)23)21-20(24)13-5-8-16(25-2)18(10-13)26-3/h4-8,10-11H,1,9,12H2,2-3H3,(H,21,24). The fourth-order valence-corrected chi connectivity index (χ4v) is 2.79. The predicted octanol–water partition coefficient (Wildman–Crippen LogP) is 2.87. The molecular formula is C20H20N2O5. The molecule has 27 heavy (non-hydrogen) atoms.